The van der Waals surface area contributed by atoms with Gasteiger partial charge in [0.05, 0.1) is 10.6 Å². The predicted octanol–water partition coefficient (Wildman–Crippen LogP) is 9.77. The molecule has 7 heteroatoms. The third-order valence-corrected chi connectivity index (χ3v) is 10.9. The van der Waals surface area contributed by atoms with E-state index in [9.17, 15) is 0 Å². The van der Waals surface area contributed by atoms with Gasteiger partial charge < -0.3 is 14.4 Å². The zero-order chi connectivity index (χ0) is 31.1. The van der Waals surface area contributed by atoms with Gasteiger partial charge in [-0.25, -0.2) is 4.98 Å². The molecule has 0 fully saturated rings. The summed E-state index contributed by atoms with van der Waals surface area (Å²) in [7, 11) is 0. The smallest absolute Gasteiger partial charge is 0.510 e. The zero-order valence-corrected chi connectivity index (χ0v) is 29.6. The standard InChI is InChI=1S/C39H33N3O2S.Pt/c1-24-18-26(36-41-38(5)31-13-8-7-12-30(31)37(3,4)39(38,6)44-36)22-28(20-24)43-29-21-25(2)19-27(23-29)42-32-14-9-10-15-33(32)45-34-16-11-17-40-35(34)42;/h7-21H,1-6H3;/q-2;+2/t38-,39+;/m1./s1. The van der Waals surface area contributed by atoms with Gasteiger partial charge in [-0.05, 0) is 49.2 Å². The van der Waals surface area contributed by atoms with E-state index < -0.39 is 11.1 Å². The fourth-order valence-electron chi connectivity index (χ4n) is 7.15. The number of nitrogens with zero attached hydrogens (tertiary/aromatic N) is 3. The van der Waals surface area contributed by atoms with E-state index in [4.69, 9.17) is 19.5 Å². The van der Waals surface area contributed by atoms with Crippen LogP contribution >= 0.6 is 11.8 Å². The van der Waals surface area contributed by atoms with Crippen LogP contribution < -0.4 is 9.64 Å². The van der Waals surface area contributed by atoms with E-state index in [1.165, 1.54) is 16.0 Å². The van der Waals surface area contributed by atoms with Crippen LogP contribution in [-0.2, 0) is 36.8 Å². The third-order valence-electron chi connectivity index (χ3n) is 9.82. The first-order chi connectivity index (χ1) is 21.6. The number of hydrogen-bond acceptors (Lipinski definition) is 6. The maximum atomic E-state index is 6.84. The van der Waals surface area contributed by atoms with Gasteiger partial charge in [0.15, 0.2) is 0 Å². The molecule has 0 saturated carbocycles. The molecule has 5 nitrogen and oxygen atoms in total. The molecule has 0 amide bonds. The second-order valence-electron chi connectivity index (χ2n) is 13.0. The van der Waals surface area contributed by atoms with Gasteiger partial charge in [-0.3, -0.25) is 4.99 Å². The van der Waals surface area contributed by atoms with Gasteiger partial charge in [-0.2, -0.15) is 5.56 Å². The number of fused-ring (bicyclic) bond motifs is 5. The summed E-state index contributed by atoms with van der Waals surface area (Å²) in [6, 6.07) is 36.2. The van der Waals surface area contributed by atoms with Crippen molar-refractivity contribution in [1.82, 2.24) is 4.98 Å². The average molecular weight is 803 g/mol. The Balaban J connectivity index is 0.00000338. The van der Waals surface area contributed by atoms with Crippen LogP contribution in [0.25, 0.3) is 0 Å². The van der Waals surface area contributed by atoms with Gasteiger partial charge in [0.2, 0.25) is 0 Å². The number of aryl methyl sites for hydroxylation is 2. The summed E-state index contributed by atoms with van der Waals surface area (Å²) in [6.07, 6.45) is 1.83. The molecule has 1 aromatic heterocycles. The maximum Gasteiger partial charge on any atom is 2.00 e. The van der Waals surface area contributed by atoms with E-state index >= 15 is 0 Å². The Morgan fingerprint density at radius 3 is 2.26 bits per heavy atom. The summed E-state index contributed by atoms with van der Waals surface area (Å²) in [4.78, 5) is 14.5. The Labute approximate surface area is 289 Å². The molecule has 2 aliphatic heterocycles. The Morgan fingerprint density at radius 2 is 1.46 bits per heavy atom. The molecule has 0 spiro atoms. The summed E-state index contributed by atoms with van der Waals surface area (Å²) in [6.45, 7) is 13.0. The molecule has 46 heavy (non-hydrogen) atoms. The second-order valence-corrected chi connectivity index (χ2v) is 14.1. The number of ether oxygens (including phenoxy) is 2. The summed E-state index contributed by atoms with van der Waals surface area (Å²) < 4.78 is 13.4. The van der Waals surface area contributed by atoms with Crippen molar-refractivity contribution >= 4 is 34.9 Å². The van der Waals surface area contributed by atoms with Gasteiger partial charge in [-0.15, -0.1) is 29.8 Å². The molecule has 232 valence electrons. The maximum absolute atomic E-state index is 6.84. The zero-order valence-electron chi connectivity index (χ0n) is 26.5. The van der Waals surface area contributed by atoms with E-state index in [0.717, 1.165) is 38.8 Å². The van der Waals surface area contributed by atoms with Crippen molar-refractivity contribution in [3.63, 3.8) is 0 Å². The predicted molar refractivity (Wildman–Crippen MR) is 180 cm³/mol. The van der Waals surface area contributed by atoms with E-state index in [0.29, 0.717) is 17.4 Å². The van der Waals surface area contributed by atoms with E-state index in [1.54, 1.807) is 11.8 Å². The minimum absolute atomic E-state index is 0. The fourth-order valence-corrected chi connectivity index (χ4v) is 8.17. The van der Waals surface area contributed by atoms with Gasteiger partial charge in [-0.1, -0.05) is 99.2 Å². The molecule has 1 aliphatic carbocycles. The van der Waals surface area contributed by atoms with Gasteiger partial charge in [0.1, 0.15) is 22.9 Å². The quantitative estimate of drug-likeness (QED) is 0.166. The number of para-hydroxylation sites is 1. The number of hydrogen-bond donors (Lipinski definition) is 0. The minimum atomic E-state index is -0.551. The Hall–Kier alpha value is -3.86. The summed E-state index contributed by atoms with van der Waals surface area (Å²) in [5, 5.41) is 0. The molecule has 0 radical (unpaired) electrons. The van der Waals surface area contributed by atoms with Crippen molar-refractivity contribution in [2.45, 2.75) is 67.9 Å². The number of pyridine rings is 1. The van der Waals surface area contributed by atoms with Crippen molar-refractivity contribution in [3.05, 3.63) is 131 Å². The number of benzene rings is 4. The number of aliphatic imine (C=N–C) groups is 1. The first-order valence-electron chi connectivity index (χ1n) is 15.2. The number of aromatic nitrogens is 1. The molecule has 3 heterocycles. The van der Waals surface area contributed by atoms with Gasteiger partial charge in [0, 0.05) is 28.0 Å². The first-order valence-corrected chi connectivity index (χ1v) is 16.1. The third kappa shape index (κ3) is 4.48. The SMILES string of the molecule is Cc1cc(Oc2[c-]c(N3c4ccccc4Sc4cccnc43)cc(C)c2)[c-]c(C2=N[C@]3(C)c4ccccc4C(C)(C)[C@]3(C)O2)c1.[Pt+2]. The Bertz CT molecular complexity index is 2010. The molecule has 5 aromatic rings. The second kappa shape index (κ2) is 10.9. The van der Waals surface area contributed by atoms with E-state index in [1.807, 2.05) is 24.4 Å². The fraction of sp³-hybridized carbons (Fsp3) is 0.231. The van der Waals surface area contributed by atoms with E-state index in [2.05, 4.69) is 125 Å². The Morgan fingerprint density at radius 1 is 0.783 bits per heavy atom. The molecule has 0 saturated heterocycles. The molecular formula is C39H33N3O2PtS. The van der Waals surface area contributed by atoms with Crippen molar-refractivity contribution in [2.24, 2.45) is 4.99 Å². The van der Waals surface area contributed by atoms with Crippen LogP contribution in [0.3, 0.4) is 0 Å². The number of rotatable bonds is 4. The van der Waals surface area contributed by atoms with Crippen LogP contribution in [0.4, 0.5) is 17.2 Å². The van der Waals surface area contributed by atoms with Crippen LogP contribution in [-0.4, -0.2) is 16.5 Å². The normalized spacial score (nSPS) is 21.6. The topological polar surface area (TPSA) is 47.0 Å². The van der Waals surface area contributed by atoms with Gasteiger partial charge >= 0.3 is 21.1 Å². The average Bonchev–Trinajstić information content (AvgIpc) is 3.37. The van der Waals surface area contributed by atoms with Crippen LogP contribution in [0.2, 0.25) is 0 Å². The van der Waals surface area contributed by atoms with Crippen LogP contribution in [0, 0.1) is 26.0 Å². The monoisotopic (exact) mass is 802 g/mol. The van der Waals surface area contributed by atoms with Crippen LogP contribution in [0.15, 0.2) is 106 Å². The van der Waals surface area contributed by atoms with E-state index in [-0.39, 0.29) is 26.5 Å². The largest absolute Gasteiger partial charge is 2.00 e. The molecule has 3 aliphatic rings. The molecule has 4 aromatic carbocycles. The molecule has 8 rings (SSSR count). The van der Waals surface area contributed by atoms with Crippen molar-refractivity contribution < 1.29 is 30.5 Å². The molecule has 0 N–H and O–H groups in total. The van der Waals surface area contributed by atoms with Crippen molar-refractivity contribution in [1.29, 1.82) is 0 Å². The van der Waals surface area contributed by atoms with Crippen LogP contribution in [0.5, 0.6) is 11.5 Å². The first kappa shape index (κ1) is 30.8. The molecule has 2 atom stereocenters. The summed E-state index contributed by atoms with van der Waals surface area (Å²) >= 11 is 1.73. The van der Waals surface area contributed by atoms with Crippen molar-refractivity contribution in [3.8, 4) is 11.5 Å². The van der Waals surface area contributed by atoms with Crippen LogP contribution in [0.1, 0.15) is 55.5 Å². The number of anilines is 3. The van der Waals surface area contributed by atoms with Gasteiger partial charge in [0.25, 0.3) is 0 Å². The van der Waals surface area contributed by atoms with Crippen molar-refractivity contribution in [2.75, 3.05) is 4.90 Å². The molecule has 0 unspecified atom stereocenters. The molecular weight excluding hydrogens is 770 g/mol. The summed E-state index contributed by atoms with van der Waals surface area (Å²) in [5.74, 6) is 2.66. The molecule has 0 bridgehead atoms. The Kier molecular flexibility index (Phi) is 7.26. The minimum Gasteiger partial charge on any atom is -0.510 e. The summed E-state index contributed by atoms with van der Waals surface area (Å²) in [5.41, 5.74) is 5.99.